The summed E-state index contributed by atoms with van der Waals surface area (Å²) in [5.74, 6) is 1.87. The van der Waals surface area contributed by atoms with E-state index in [1.54, 1.807) is 12.3 Å². The standard InChI is InChI=1S/C28H26N2O2.C18H16N2O2/c1-4-10-21(11-5-1)19-31-27-18-26(25-17-16-24(25)23-14-8-3-9-15-23)29-28(30-27)32-20-22-12-6-2-7-13-22;1-3-7-15(8-4-1)13-21-17-11-12-19-18(20-17)22-14-16-9-5-2-6-10-16/h1-15,18,24-25H,16-17,19-20H2;1-12H,13-14H2. The van der Waals surface area contributed by atoms with Crippen molar-refractivity contribution < 1.29 is 18.9 Å². The zero-order valence-electron chi connectivity index (χ0n) is 30.0. The van der Waals surface area contributed by atoms with Crippen LogP contribution in [0.25, 0.3) is 0 Å². The summed E-state index contributed by atoms with van der Waals surface area (Å²) in [6, 6.07) is 55.1. The van der Waals surface area contributed by atoms with E-state index >= 15 is 0 Å². The Balaban J connectivity index is 0.000000179. The van der Waals surface area contributed by atoms with Gasteiger partial charge in [0.25, 0.3) is 0 Å². The van der Waals surface area contributed by atoms with Crippen LogP contribution >= 0.6 is 0 Å². The lowest BCUT2D eigenvalue weighted by Crippen LogP contribution is -2.23. The van der Waals surface area contributed by atoms with Crippen molar-refractivity contribution >= 4 is 0 Å². The number of nitrogens with zero attached hydrogens (tertiary/aromatic N) is 4. The highest BCUT2D eigenvalue weighted by atomic mass is 16.5. The Kier molecular flexibility index (Phi) is 12.5. The van der Waals surface area contributed by atoms with Gasteiger partial charge in [-0.05, 0) is 46.6 Å². The Hall–Kier alpha value is -6.54. The van der Waals surface area contributed by atoms with Gasteiger partial charge in [0.05, 0.1) is 5.69 Å². The van der Waals surface area contributed by atoms with Crippen molar-refractivity contribution in [2.45, 2.75) is 51.1 Å². The first-order valence-corrected chi connectivity index (χ1v) is 18.2. The molecule has 0 bridgehead atoms. The lowest BCUT2D eigenvalue weighted by Gasteiger charge is -2.36. The van der Waals surface area contributed by atoms with E-state index < -0.39 is 0 Å². The maximum absolute atomic E-state index is 6.05. The van der Waals surface area contributed by atoms with Crippen molar-refractivity contribution in [3.63, 3.8) is 0 Å². The second kappa shape index (κ2) is 18.8. The van der Waals surface area contributed by atoms with Crippen LogP contribution in [0.3, 0.4) is 0 Å². The molecule has 5 aromatic carbocycles. The second-order valence-electron chi connectivity index (χ2n) is 12.9. The number of hydrogen-bond acceptors (Lipinski definition) is 8. The van der Waals surface area contributed by atoms with Gasteiger partial charge in [0.15, 0.2) is 0 Å². The quantitative estimate of drug-likeness (QED) is 0.110. The lowest BCUT2D eigenvalue weighted by atomic mass is 9.68. The van der Waals surface area contributed by atoms with Gasteiger partial charge in [-0.3, -0.25) is 0 Å². The monoisotopic (exact) mass is 714 g/mol. The molecule has 8 heteroatoms. The molecule has 0 aliphatic heterocycles. The minimum atomic E-state index is 0.314. The summed E-state index contributed by atoms with van der Waals surface area (Å²) in [5.41, 5.74) is 6.70. The summed E-state index contributed by atoms with van der Waals surface area (Å²) in [6.07, 6.45) is 3.90. The summed E-state index contributed by atoms with van der Waals surface area (Å²) >= 11 is 0. The van der Waals surface area contributed by atoms with Crippen molar-refractivity contribution in [1.82, 2.24) is 19.9 Å². The Labute approximate surface area is 316 Å². The van der Waals surface area contributed by atoms with Gasteiger partial charge < -0.3 is 18.9 Å². The second-order valence-corrected chi connectivity index (χ2v) is 12.9. The Bertz CT molecular complexity index is 2020. The molecule has 1 fully saturated rings. The minimum Gasteiger partial charge on any atom is -0.473 e. The lowest BCUT2D eigenvalue weighted by molar-refractivity contribution is 0.252. The highest BCUT2D eigenvalue weighted by Crippen LogP contribution is 2.49. The molecule has 2 aromatic heterocycles. The molecule has 8 nitrogen and oxygen atoms in total. The number of aromatic nitrogens is 4. The van der Waals surface area contributed by atoms with Gasteiger partial charge in [0.2, 0.25) is 11.8 Å². The number of rotatable bonds is 14. The van der Waals surface area contributed by atoms with E-state index in [0.29, 0.717) is 62.0 Å². The third-order valence-corrected chi connectivity index (χ3v) is 9.07. The molecular weight excluding hydrogens is 673 g/mol. The zero-order chi connectivity index (χ0) is 36.6. The van der Waals surface area contributed by atoms with Gasteiger partial charge >= 0.3 is 12.0 Å². The summed E-state index contributed by atoms with van der Waals surface area (Å²) in [5, 5.41) is 0. The first-order chi connectivity index (χ1) is 26.7. The largest absolute Gasteiger partial charge is 0.473 e. The van der Waals surface area contributed by atoms with E-state index in [9.17, 15) is 0 Å². The third kappa shape index (κ3) is 10.5. The number of benzene rings is 5. The molecule has 7 aromatic rings. The molecule has 2 atom stereocenters. The molecule has 2 unspecified atom stereocenters. The minimum absolute atomic E-state index is 0.314. The van der Waals surface area contributed by atoms with Crippen molar-refractivity contribution in [3.05, 3.63) is 203 Å². The summed E-state index contributed by atoms with van der Waals surface area (Å²) in [6.45, 7) is 1.79. The van der Waals surface area contributed by atoms with Crippen LogP contribution in [0.4, 0.5) is 0 Å². The van der Waals surface area contributed by atoms with E-state index in [1.165, 1.54) is 12.0 Å². The predicted octanol–water partition coefficient (Wildman–Crippen LogP) is 9.93. The number of ether oxygens (including phenoxy) is 4. The molecule has 0 radical (unpaired) electrons. The van der Waals surface area contributed by atoms with Crippen LogP contribution in [0.15, 0.2) is 170 Å². The van der Waals surface area contributed by atoms with Gasteiger partial charge in [0, 0.05) is 24.2 Å². The average molecular weight is 715 g/mol. The van der Waals surface area contributed by atoms with Gasteiger partial charge in [-0.25, -0.2) is 4.98 Å². The zero-order valence-corrected chi connectivity index (χ0v) is 30.0. The highest BCUT2D eigenvalue weighted by molar-refractivity contribution is 5.32. The molecule has 0 amide bonds. The normalized spacial score (nSPS) is 14.4. The molecule has 8 rings (SSSR count). The fraction of sp³-hybridized carbons (Fsp3) is 0.174. The van der Waals surface area contributed by atoms with Crippen LogP contribution in [0.5, 0.6) is 23.8 Å². The Morgan fingerprint density at radius 1 is 0.407 bits per heavy atom. The van der Waals surface area contributed by atoms with Gasteiger partial charge in [-0.15, -0.1) is 0 Å². The number of hydrogen-bond donors (Lipinski definition) is 0. The topological polar surface area (TPSA) is 88.5 Å². The van der Waals surface area contributed by atoms with Gasteiger partial charge in [0.1, 0.15) is 26.4 Å². The fourth-order valence-corrected chi connectivity index (χ4v) is 6.08. The van der Waals surface area contributed by atoms with Crippen molar-refractivity contribution in [3.8, 4) is 23.8 Å². The SMILES string of the molecule is c1ccc(COc2cc(C3CCC3c3ccccc3)nc(OCc3ccccc3)n2)cc1.c1ccc(COc2ccnc(OCc3ccccc3)n2)cc1. The van der Waals surface area contributed by atoms with Crippen molar-refractivity contribution in [2.24, 2.45) is 0 Å². The smallest absolute Gasteiger partial charge is 0.320 e. The molecule has 0 N–H and O–H groups in total. The molecule has 0 saturated heterocycles. The first kappa shape index (κ1) is 35.8. The fourth-order valence-electron chi connectivity index (χ4n) is 6.08. The maximum Gasteiger partial charge on any atom is 0.320 e. The summed E-state index contributed by atoms with van der Waals surface area (Å²) in [4.78, 5) is 17.7. The third-order valence-electron chi connectivity index (χ3n) is 9.07. The van der Waals surface area contributed by atoms with Crippen LogP contribution in [0, 0.1) is 0 Å². The molecule has 270 valence electrons. The van der Waals surface area contributed by atoms with E-state index in [-0.39, 0.29) is 0 Å². The van der Waals surface area contributed by atoms with Crippen LogP contribution in [-0.2, 0) is 26.4 Å². The van der Waals surface area contributed by atoms with E-state index in [1.807, 2.05) is 127 Å². The Morgan fingerprint density at radius 2 is 0.833 bits per heavy atom. The highest BCUT2D eigenvalue weighted by Gasteiger charge is 2.35. The van der Waals surface area contributed by atoms with Crippen molar-refractivity contribution in [1.29, 1.82) is 0 Å². The molecule has 54 heavy (non-hydrogen) atoms. The van der Waals surface area contributed by atoms with Crippen LogP contribution in [0.1, 0.15) is 58.2 Å². The van der Waals surface area contributed by atoms with Crippen LogP contribution < -0.4 is 18.9 Å². The summed E-state index contributed by atoms with van der Waals surface area (Å²) < 4.78 is 23.3. The average Bonchev–Trinajstić information content (AvgIpc) is 3.23. The van der Waals surface area contributed by atoms with Crippen LogP contribution in [0.2, 0.25) is 0 Å². The van der Waals surface area contributed by atoms with Crippen LogP contribution in [-0.4, -0.2) is 19.9 Å². The van der Waals surface area contributed by atoms with Crippen molar-refractivity contribution in [2.75, 3.05) is 0 Å². The molecule has 2 heterocycles. The molecular formula is C46H42N4O4. The van der Waals surface area contributed by atoms with E-state index in [2.05, 4.69) is 45.3 Å². The first-order valence-electron chi connectivity index (χ1n) is 18.2. The summed E-state index contributed by atoms with van der Waals surface area (Å²) in [7, 11) is 0. The maximum atomic E-state index is 6.05. The van der Waals surface area contributed by atoms with E-state index in [4.69, 9.17) is 23.9 Å². The molecule has 1 saturated carbocycles. The van der Waals surface area contributed by atoms with Gasteiger partial charge in [-0.1, -0.05) is 152 Å². The molecule has 1 aliphatic rings. The van der Waals surface area contributed by atoms with E-state index in [0.717, 1.165) is 34.4 Å². The van der Waals surface area contributed by atoms with Gasteiger partial charge in [-0.2, -0.15) is 15.0 Å². The molecule has 1 aliphatic carbocycles. The molecule has 0 spiro atoms. The Morgan fingerprint density at radius 3 is 1.33 bits per heavy atom. The predicted molar refractivity (Wildman–Crippen MR) is 208 cm³/mol.